The Bertz CT molecular complexity index is 516. The first-order valence-corrected chi connectivity index (χ1v) is 8.79. The van der Waals surface area contributed by atoms with Gasteiger partial charge in [0.05, 0.1) is 12.7 Å². The van der Waals surface area contributed by atoms with E-state index in [1.165, 1.54) is 10.5 Å². The summed E-state index contributed by atoms with van der Waals surface area (Å²) in [4.78, 5) is 0. The predicted octanol–water partition coefficient (Wildman–Crippen LogP) is 0.719. The fourth-order valence-electron chi connectivity index (χ4n) is 2.40. The van der Waals surface area contributed by atoms with E-state index in [0.29, 0.717) is 30.8 Å². The van der Waals surface area contributed by atoms with Gasteiger partial charge in [0, 0.05) is 25.2 Å². The average Bonchev–Trinajstić information content (AvgIpc) is 2.97. The lowest BCUT2D eigenvalue weighted by atomic mass is 9.99. The van der Waals surface area contributed by atoms with Crippen LogP contribution in [0.2, 0.25) is 0 Å². The smallest absolute Gasteiger partial charge is 0.279 e. The van der Waals surface area contributed by atoms with Crippen LogP contribution in [0.25, 0.3) is 0 Å². The Kier molecular flexibility index (Phi) is 5.74. The van der Waals surface area contributed by atoms with Gasteiger partial charge in [-0.25, -0.2) is 0 Å². The molecule has 0 amide bonds. The second kappa shape index (κ2) is 7.35. The number of nitrogens with one attached hydrogen (secondary N) is 2. The van der Waals surface area contributed by atoms with Crippen LogP contribution >= 0.6 is 0 Å². The van der Waals surface area contributed by atoms with Gasteiger partial charge in [-0.1, -0.05) is 19.0 Å². The van der Waals surface area contributed by atoms with Gasteiger partial charge in [0.15, 0.2) is 5.76 Å². The second-order valence-electron chi connectivity index (χ2n) is 5.73. The maximum absolute atomic E-state index is 12.3. The Hall–Kier alpha value is -0.960. The Morgan fingerprint density at radius 3 is 3.00 bits per heavy atom. The third-order valence-electron chi connectivity index (χ3n) is 3.56. The molecule has 0 aliphatic carbocycles. The quantitative estimate of drug-likeness (QED) is 0.774. The van der Waals surface area contributed by atoms with Crippen LogP contribution in [-0.2, 0) is 16.8 Å². The Morgan fingerprint density at radius 2 is 2.33 bits per heavy atom. The molecule has 0 spiro atoms. The molecule has 1 aliphatic rings. The highest BCUT2D eigenvalue weighted by Gasteiger charge is 2.28. The van der Waals surface area contributed by atoms with E-state index < -0.39 is 10.2 Å². The van der Waals surface area contributed by atoms with Crippen molar-refractivity contribution in [1.82, 2.24) is 19.5 Å². The van der Waals surface area contributed by atoms with Crippen molar-refractivity contribution in [2.24, 2.45) is 5.92 Å². The fraction of sp³-hybridized carbons (Fsp3) is 0.769. The van der Waals surface area contributed by atoms with Gasteiger partial charge in [0.2, 0.25) is 0 Å². The molecule has 8 heteroatoms. The molecule has 0 radical (unpaired) electrons. The zero-order valence-corrected chi connectivity index (χ0v) is 13.4. The van der Waals surface area contributed by atoms with Crippen LogP contribution in [0.5, 0.6) is 0 Å². The van der Waals surface area contributed by atoms with Crippen LogP contribution in [0.15, 0.2) is 16.8 Å². The number of rotatable bonds is 7. The van der Waals surface area contributed by atoms with E-state index in [2.05, 4.69) is 29.0 Å². The van der Waals surface area contributed by atoms with Gasteiger partial charge in [-0.3, -0.25) is 0 Å². The van der Waals surface area contributed by atoms with Crippen molar-refractivity contribution in [3.05, 3.63) is 18.0 Å². The van der Waals surface area contributed by atoms with E-state index in [0.717, 1.165) is 19.4 Å². The summed E-state index contributed by atoms with van der Waals surface area (Å²) < 4.78 is 33.6. The van der Waals surface area contributed by atoms with Crippen LogP contribution < -0.4 is 10.0 Å². The predicted molar refractivity (Wildman–Crippen MR) is 79.7 cm³/mol. The molecule has 120 valence electrons. The summed E-state index contributed by atoms with van der Waals surface area (Å²) in [5, 5.41) is 6.93. The lowest BCUT2D eigenvalue weighted by molar-refractivity contribution is 0.253. The van der Waals surface area contributed by atoms with Crippen molar-refractivity contribution in [1.29, 1.82) is 0 Å². The summed E-state index contributed by atoms with van der Waals surface area (Å²) >= 11 is 0. The van der Waals surface area contributed by atoms with Crippen molar-refractivity contribution < 1.29 is 12.9 Å². The zero-order chi connectivity index (χ0) is 15.3. The molecule has 1 fully saturated rings. The Morgan fingerprint density at radius 1 is 1.52 bits per heavy atom. The topological polar surface area (TPSA) is 87.5 Å². The molecule has 2 rings (SSSR count). The normalized spacial score (nSPS) is 21.0. The molecule has 1 unspecified atom stereocenters. The lowest BCUT2D eigenvalue weighted by Gasteiger charge is -2.32. The fourth-order valence-corrected chi connectivity index (χ4v) is 3.68. The molecule has 1 aromatic heterocycles. The van der Waals surface area contributed by atoms with Crippen molar-refractivity contribution in [2.45, 2.75) is 39.3 Å². The lowest BCUT2D eigenvalue weighted by Crippen LogP contribution is -2.47. The number of aromatic nitrogens is 1. The van der Waals surface area contributed by atoms with Crippen molar-refractivity contribution >= 4 is 10.2 Å². The Balaban J connectivity index is 1.86. The van der Waals surface area contributed by atoms with Crippen molar-refractivity contribution in [3.63, 3.8) is 0 Å². The van der Waals surface area contributed by atoms with E-state index in [4.69, 9.17) is 4.52 Å². The van der Waals surface area contributed by atoms with Gasteiger partial charge in [-0.05, 0) is 25.3 Å². The zero-order valence-electron chi connectivity index (χ0n) is 12.6. The summed E-state index contributed by atoms with van der Waals surface area (Å²) in [6.45, 7) is 6.31. The molecule has 21 heavy (non-hydrogen) atoms. The molecule has 1 atom stereocenters. The third kappa shape index (κ3) is 5.06. The molecule has 0 aromatic carbocycles. The summed E-state index contributed by atoms with van der Waals surface area (Å²) in [5.41, 5.74) is 0. The van der Waals surface area contributed by atoms with E-state index in [1.807, 2.05) is 0 Å². The largest absolute Gasteiger partial charge is 0.360 e. The number of hydrogen-bond acceptors (Lipinski definition) is 5. The van der Waals surface area contributed by atoms with Crippen LogP contribution in [0, 0.1) is 5.92 Å². The monoisotopic (exact) mass is 316 g/mol. The van der Waals surface area contributed by atoms with Crippen molar-refractivity contribution in [2.75, 3.05) is 19.6 Å². The molecule has 2 heterocycles. The van der Waals surface area contributed by atoms with Gasteiger partial charge in [0.1, 0.15) is 0 Å². The molecule has 1 aromatic rings. The van der Waals surface area contributed by atoms with Gasteiger partial charge < -0.3 is 9.84 Å². The summed E-state index contributed by atoms with van der Waals surface area (Å²) in [6.07, 6.45) is 3.46. The first-order valence-electron chi connectivity index (χ1n) is 7.35. The molecule has 0 saturated carbocycles. The van der Waals surface area contributed by atoms with E-state index in [9.17, 15) is 8.42 Å². The standard InChI is InChI=1S/C13H24N4O3S/c1-11(2)14-8-12-4-3-7-17(10-12)21(18,19)16-9-13-5-6-15-20-13/h5-6,11-12,14,16H,3-4,7-10H2,1-2H3. The van der Waals surface area contributed by atoms with E-state index >= 15 is 0 Å². The van der Waals surface area contributed by atoms with E-state index in [-0.39, 0.29) is 6.54 Å². The summed E-state index contributed by atoms with van der Waals surface area (Å²) in [6, 6.07) is 2.07. The van der Waals surface area contributed by atoms with Crippen LogP contribution in [0.4, 0.5) is 0 Å². The first-order chi connectivity index (χ1) is 9.97. The maximum Gasteiger partial charge on any atom is 0.279 e. The molecule has 2 N–H and O–H groups in total. The van der Waals surface area contributed by atoms with Crippen LogP contribution in [0.3, 0.4) is 0 Å². The minimum Gasteiger partial charge on any atom is -0.360 e. The van der Waals surface area contributed by atoms with Gasteiger partial charge >= 0.3 is 0 Å². The molecule has 1 aliphatic heterocycles. The summed E-state index contributed by atoms with van der Waals surface area (Å²) in [7, 11) is -3.46. The highest BCUT2D eigenvalue weighted by Crippen LogP contribution is 2.18. The SMILES string of the molecule is CC(C)NCC1CCCN(S(=O)(=O)NCc2ccno2)C1. The van der Waals surface area contributed by atoms with Crippen LogP contribution in [-0.4, -0.2) is 43.6 Å². The molecular weight excluding hydrogens is 292 g/mol. The number of hydrogen-bond donors (Lipinski definition) is 2. The maximum atomic E-state index is 12.3. The number of nitrogens with zero attached hydrogens (tertiary/aromatic N) is 2. The van der Waals surface area contributed by atoms with E-state index in [1.54, 1.807) is 6.07 Å². The minimum absolute atomic E-state index is 0.133. The highest BCUT2D eigenvalue weighted by atomic mass is 32.2. The van der Waals surface area contributed by atoms with Gasteiger partial charge in [-0.15, -0.1) is 0 Å². The van der Waals surface area contributed by atoms with Crippen molar-refractivity contribution in [3.8, 4) is 0 Å². The number of piperidine rings is 1. The second-order valence-corrected chi connectivity index (χ2v) is 7.49. The molecule has 1 saturated heterocycles. The molecule has 0 bridgehead atoms. The molecule has 7 nitrogen and oxygen atoms in total. The average molecular weight is 316 g/mol. The van der Waals surface area contributed by atoms with Crippen LogP contribution in [0.1, 0.15) is 32.4 Å². The third-order valence-corrected chi connectivity index (χ3v) is 5.08. The highest BCUT2D eigenvalue weighted by molar-refractivity contribution is 7.87. The van der Waals surface area contributed by atoms with Gasteiger partial charge in [0.25, 0.3) is 10.2 Å². The minimum atomic E-state index is -3.46. The first kappa shape index (κ1) is 16.4. The van der Waals surface area contributed by atoms with Gasteiger partial charge in [-0.2, -0.15) is 17.4 Å². The molecular formula is C13H24N4O3S. The Labute approximate surface area is 126 Å². The summed E-state index contributed by atoms with van der Waals surface area (Å²) in [5.74, 6) is 0.872.